The molecule has 0 heterocycles. The lowest BCUT2D eigenvalue weighted by atomic mass is 9.94. The molecule has 1 N–H and O–H groups in total. The van der Waals surface area contributed by atoms with Gasteiger partial charge in [0.05, 0.1) is 0 Å². The summed E-state index contributed by atoms with van der Waals surface area (Å²) in [4.78, 5) is 0. The molecule has 86 valence electrons. The second kappa shape index (κ2) is 3.89. The van der Waals surface area contributed by atoms with Crippen LogP contribution in [-0.2, 0) is 0 Å². The van der Waals surface area contributed by atoms with Gasteiger partial charge in [-0.1, -0.05) is 30.7 Å². The van der Waals surface area contributed by atoms with E-state index in [1.54, 1.807) is 0 Å². The Morgan fingerprint density at radius 3 is 2.50 bits per heavy atom. The van der Waals surface area contributed by atoms with E-state index >= 15 is 0 Å². The number of benzene rings is 1. The summed E-state index contributed by atoms with van der Waals surface area (Å²) >= 11 is 0. The van der Waals surface area contributed by atoms with Crippen molar-refractivity contribution in [1.29, 1.82) is 0 Å². The highest BCUT2D eigenvalue weighted by Gasteiger charge is 2.55. The van der Waals surface area contributed by atoms with Gasteiger partial charge in [-0.15, -0.1) is 0 Å². The maximum atomic E-state index is 3.55. The van der Waals surface area contributed by atoms with Crippen molar-refractivity contribution < 1.29 is 0 Å². The zero-order valence-electron chi connectivity index (χ0n) is 10.2. The van der Waals surface area contributed by atoms with Crippen LogP contribution in [0.15, 0.2) is 24.3 Å². The van der Waals surface area contributed by atoms with Crippen molar-refractivity contribution in [3.8, 4) is 0 Å². The summed E-state index contributed by atoms with van der Waals surface area (Å²) in [6, 6.07) is 9.43. The quantitative estimate of drug-likeness (QED) is 0.815. The maximum absolute atomic E-state index is 3.55. The Morgan fingerprint density at radius 1 is 1.19 bits per heavy atom. The summed E-state index contributed by atoms with van der Waals surface area (Å²) in [6.07, 6.45) is 4.41. The third kappa shape index (κ3) is 1.49. The smallest absolute Gasteiger partial charge is 0.0354 e. The first-order chi connectivity index (χ1) is 7.83. The van der Waals surface area contributed by atoms with Gasteiger partial charge < -0.3 is 5.32 Å². The lowest BCUT2D eigenvalue weighted by Crippen LogP contribution is -2.21. The monoisotopic (exact) mass is 215 g/mol. The van der Waals surface area contributed by atoms with E-state index in [1.165, 1.54) is 30.4 Å². The van der Waals surface area contributed by atoms with E-state index in [0.29, 0.717) is 6.04 Å². The molecule has 0 amide bonds. The van der Waals surface area contributed by atoms with Crippen LogP contribution < -0.4 is 5.32 Å². The minimum atomic E-state index is 0.594. The summed E-state index contributed by atoms with van der Waals surface area (Å²) in [6.45, 7) is 2.23. The average molecular weight is 215 g/mol. The van der Waals surface area contributed by atoms with Gasteiger partial charge >= 0.3 is 0 Å². The Labute approximate surface area is 98.3 Å². The van der Waals surface area contributed by atoms with Gasteiger partial charge in [-0.25, -0.2) is 0 Å². The van der Waals surface area contributed by atoms with E-state index in [0.717, 1.165) is 17.8 Å². The second-order valence-electron chi connectivity index (χ2n) is 5.46. The van der Waals surface area contributed by atoms with Crippen molar-refractivity contribution in [2.24, 2.45) is 17.8 Å². The number of hydrogen-bond donors (Lipinski definition) is 1. The number of hydrogen-bond acceptors (Lipinski definition) is 1. The highest BCUT2D eigenvalue weighted by molar-refractivity contribution is 5.31. The number of rotatable bonds is 3. The summed E-state index contributed by atoms with van der Waals surface area (Å²) < 4.78 is 0. The highest BCUT2D eigenvalue weighted by atomic mass is 14.9. The van der Waals surface area contributed by atoms with Crippen LogP contribution in [0.1, 0.15) is 36.4 Å². The Kier molecular flexibility index (Phi) is 2.51. The van der Waals surface area contributed by atoms with E-state index in [1.807, 2.05) is 0 Å². The van der Waals surface area contributed by atoms with Gasteiger partial charge in [-0.05, 0) is 55.7 Å². The fourth-order valence-corrected chi connectivity index (χ4v) is 3.86. The molecule has 0 saturated heterocycles. The molecule has 2 aliphatic carbocycles. The third-order valence-corrected chi connectivity index (χ3v) is 4.69. The molecule has 2 fully saturated rings. The van der Waals surface area contributed by atoms with Crippen LogP contribution in [0.3, 0.4) is 0 Å². The molecule has 2 aliphatic rings. The Balaban J connectivity index is 1.84. The number of fused-ring (bicyclic) bond motifs is 1. The lowest BCUT2D eigenvalue weighted by Gasteiger charge is -2.20. The van der Waals surface area contributed by atoms with Crippen LogP contribution in [0.4, 0.5) is 0 Å². The molecule has 0 aliphatic heterocycles. The summed E-state index contributed by atoms with van der Waals surface area (Å²) in [7, 11) is 2.12. The van der Waals surface area contributed by atoms with E-state index in [2.05, 4.69) is 43.6 Å². The molecular formula is C15H21N. The van der Waals surface area contributed by atoms with Crippen molar-refractivity contribution in [2.75, 3.05) is 7.05 Å². The molecule has 0 radical (unpaired) electrons. The van der Waals surface area contributed by atoms with E-state index in [4.69, 9.17) is 0 Å². The highest BCUT2D eigenvalue weighted by Crippen LogP contribution is 2.62. The third-order valence-electron chi connectivity index (χ3n) is 4.69. The number of aryl methyl sites for hydroxylation is 1. The van der Waals surface area contributed by atoms with Gasteiger partial charge in [0.15, 0.2) is 0 Å². The predicted octanol–water partition coefficient (Wildman–Crippen LogP) is 3.30. The van der Waals surface area contributed by atoms with E-state index in [9.17, 15) is 0 Å². The van der Waals surface area contributed by atoms with Crippen molar-refractivity contribution in [2.45, 2.75) is 32.2 Å². The van der Waals surface area contributed by atoms with Crippen LogP contribution in [0, 0.1) is 24.7 Å². The van der Waals surface area contributed by atoms with Gasteiger partial charge in [0.25, 0.3) is 0 Å². The zero-order chi connectivity index (χ0) is 11.1. The largest absolute Gasteiger partial charge is 0.313 e. The lowest BCUT2D eigenvalue weighted by molar-refractivity contribution is 0.443. The molecule has 1 nitrogen and oxygen atoms in total. The molecule has 3 unspecified atom stereocenters. The van der Waals surface area contributed by atoms with Gasteiger partial charge in [-0.3, -0.25) is 0 Å². The fraction of sp³-hybridized carbons (Fsp3) is 0.600. The first-order valence-corrected chi connectivity index (χ1v) is 6.55. The summed E-state index contributed by atoms with van der Waals surface area (Å²) in [5.74, 6) is 2.97. The van der Waals surface area contributed by atoms with Crippen molar-refractivity contribution >= 4 is 0 Å². The fourth-order valence-electron chi connectivity index (χ4n) is 3.86. The van der Waals surface area contributed by atoms with Gasteiger partial charge in [0, 0.05) is 6.04 Å². The average Bonchev–Trinajstić information content (AvgIpc) is 2.76. The molecule has 1 heteroatoms. The summed E-state index contributed by atoms with van der Waals surface area (Å²) in [5.41, 5.74) is 2.95. The van der Waals surface area contributed by atoms with Gasteiger partial charge in [0.1, 0.15) is 0 Å². The molecule has 2 saturated carbocycles. The van der Waals surface area contributed by atoms with Crippen LogP contribution in [0.25, 0.3) is 0 Å². The molecular weight excluding hydrogens is 194 g/mol. The van der Waals surface area contributed by atoms with Crippen LogP contribution in [0.5, 0.6) is 0 Å². The minimum Gasteiger partial charge on any atom is -0.313 e. The van der Waals surface area contributed by atoms with Crippen LogP contribution in [-0.4, -0.2) is 7.05 Å². The summed E-state index contributed by atoms with van der Waals surface area (Å²) in [5, 5.41) is 3.55. The first kappa shape index (κ1) is 10.3. The molecule has 3 rings (SSSR count). The normalized spacial score (nSPS) is 33.5. The zero-order valence-corrected chi connectivity index (χ0v) is 10.2. The second-order valence-corrected chi connectivity index (χ2v) is 5.46. The Hall–Kier alpha value is -0.820. The van der Waals surface area contributed by atoms with Gasteiger partial charge in [0.2, 0.25) is 0 Å². The molecule has 1 aromatic rings. The number of nitrogens with one attached hydrogen (secondary N) is 1. The van der Waals surface area contributed by atoms with Crippen LogP contribution in [0.2, 0.25) is 0 Å². The van der Waals surface area contributed by atoms with E-state index < -0.39 is 0 Å². The van der Waals surface area contributed by atoms with Crippen LogP contribution >= 0.6 is 0 Å². The Bertz CT molecular complexity index is 375. The SMILES string of the molecule is CNC(c1ccccc1C)C1C2CCCC21. The predicted molar refractivity (Wildman–Crippen MR) is 67.3 cm³/mol. The van der Waals surface area contributed by atoms with E-state index in [-0.39, 0.29) is 0 Å². The molecule has 0 spiro atoms. The minimum absolute atomic E-state index is 0.594. The standard InChI is InChI=1S/C15H21N/c1-10-6-3-4-7-11(10)15(16-2)14-12-8-5-9-13(12)14/h3-4,6-7,12-16H,5,8-9H2,1-2H3. The van der Waals surface area contributed by atoms with Crippen molar-refractivity contribution in [1.82, 2.24) is 5.32 Å². The topological polar surface area (TPSA) is 12.0 Å². The molecule has 0 aromatic heterocycles. The molecule has 3 atom stereocenters. The Morgan fingerprint density at radius 2 is 1.88 bits per heavy atom. The maximum Gasteiger partial charge on any atom is 0.0354 e. The molecule has 1 aromatic carbocycles. The van der Waals surface area contributed by atoms with Gasteiger partial charge in [-0.2, -0.15) is 0 Å². The molecule has 0 bridgehead atoms. The van der Waals surface area contributed by atoms with Crippen molar-refractivity contribution in [3.63, 3.8) is 0 Å². The molecule has 16 heavy (non-hydrogen) atoms. The van der Waals surface area contributed by atoms with Crippen molar-refractivity contribution in [3.05, 3.63) is 35.4 Å². The first-order valence-electron chi connectivity index (χ1n) is 6.55.